The van der Waals surface area contributed by atoms with Gasteiger partial charge in [-0.1, -0.05) is 54.4 Å². The third-order valence-corrected chi connectivity index (χ3v) is 8.95. The Labute approximate surface area is 257 Å². The van der Waals surface area contributed by atoms with Gasteiger partial charge in [-0.2, -0.15) is 0 Å². The first-order chi connectivity index (χ1) is 19.9. The number of nitrogens with zero attached hydrogens (tertiary/aromatic N) is 2. The molecule has 0 saturated heterocycles. The van der Waals surface area contributed by atoms with Gasteiger partial charge in [-0.15, -0.1) is 0 Å². The number of carbonyl (C=O) groups excluding carboxylic acids is 2. The van der Waals surface area contributed by atoms with Crippen molar-refractivity contribution in [2.75, 3.05) is 25.1 Å². The van der Waals surface area contributed by atoms with Crippen LogP contribution in [0.25, 0.3) is 0 Å². The molecule has 0 heterocycles. The molecule has 12 heteroatoms. The SMILES string of the molecule is CC[C@H](C(=O)NC(C)C)N(Cc1c(Cl)cccc1Cl)C(=O)CN(c1cc(OC)ccc1OC)S(=O)(=O)c1ccccc1. The molecule has 0 aliphatic heterocycles. The summed E-state index contributed by atoms with van der Waals surface area (Å²) >= 11 is 12.9. The molecule has 0 unspecified atom stereocenters. The van der Waals surface area contributed by atoms with Crippen LogP contribution in [0.4, 0.5) is 5.69 Å². The molecule has 1 atom stereocenters. The Morgan fingerprint density at radius 3 is 2.12 bits per heavy atom. The first kappa shape index (κ1) is 33.0. The zero-order valence-electron chi connectivity index (χ0n) is 24.1. The summed E-state index contributed by atoms with van der Waals surface area (Å²) in [5.41, 5.74) is 0.519. The van der Waals surface area contributed by atoms with Crippen LogP contribution in [0.5, 0.6) is 11.5 Å². The maximum absolute atomic E-state index is 14.3. The molecule has 0 spiro atoms. The van der Waals surface area contributed by atoms with Crippen molar-refractivity contribution in [3.8, 4) is 11.5 Å². The van der Waals surface area contributed by atoms with Gasteiger partial charge in [0.1, 0.15) is 24.1 Å². The number of nitrogens with one attached hydrogen (secondary N) is 1. The number of ether oxygens (including phenoxy) is 2. The molecule has 9 nitrogen and oxygen atoms in total. The predicted molar refractivity (Wildman–Crippen MR) is 165 cm³/mol. The van der Waals surface area contributed by atoms with Gasteiger partial charge in [0.25, 0.3) is 10.0 Å². The molecule has 0 aromatic heterocycles. The molecule has 0 bridgehead atoms. The molecule has 3 aromatic rings. The Bertz CT molecular complexity index is 1480. The van der Waals surface area contributed by atoms with E-state index in [1.807, 2.05) is 13.8 Å². The largest absolute Gasteiger partial charge is 0.497 e. The van der Waals surface area contributed by atoms with Crippen LogP contribution in [0.1, 0.15) is 32.8 Å². The van der Waals surface area contributed by atoms with E-state index in [-0.39, 0.29) is 41.2 Å². The Balaban J connectivity index is 2.18. The van der Waals surface area contributed by atoms with E-state index in [1.165, 1.54) is 37.3 Å². The van der Waals surface area contributed by atoms with Crippen LogP contribution >= 0.6 is 23.2 Å². The van der Waals surface area contributed by atoms with Crippen molar-refractivity contribution in [3.05, 3.63) is 82.3 Å². The van der Waals surface area contributed by atoms with Gasteiger partial charge in [-0.25, -0.2) is 8.42 Å². The van der Waals surface area contributed by atoms with Crippen LogP contribution in [0.15, 0.2) is 71.6 Å². The number of carbonyl (C=O) groups is 2. The van der Waals surface area contributed by atoms with E-state index in [2.05, 4.69) is 5.32 Å². The summed E-state index contributed by atoms with van der Waals surface area (Å²) in [5.74, 6) is -0.482. The minimum absolute atomic E-state index is 0.0343. The molecule has 42 heavy (non-hydrogen) atoms. The van der Waals surface area contributed by atoms with E-state index < -0.39 is 28.5 Å². The third kappa shape index (κ3) is 7.67. The summed E-state index contributed by atoms with van der Waals surface area (Å²) in [6.07, 6.45) is 0.250. The highest BCUT2D eigenvalue weighted by Gasteiger charge is 2.35. The van der Waals surface area contributed by atoms with Crippen LogP contribution in [0.2, 0.25) is 10.0 Å². The number of anilines is 1. The number of amides is 2. The number of sulfonamides is 1. The van der Waals surface area contributed by atoms with Gasteiger partial charge in [0, 0.05) is 34.3 Å². The van der Waals surface area contributed by atoms with Crippen molar-refractivity contribution in [1.82, 2.24) is 10.2 Å². The van der Waals surface area contributed by atoms with E-state index in [4.69, 9.17) is 32.7 Å². The van der Waals surface area contributed by atoms with Gasteiger partial charge >= 0.3 is 0 Å². The predicted octanol–water partition coefficient (Wildman–Crippen LogP) is 5.54. The summed E-state index contributed by atoms with van der Waals surface area (Å²) in [4.78, 5) is 28.8. The lowest BCUT2D eigenvalue weighted by atomic mass is 10.1. The Kier molecular flexibility index (Phi) is 11.5. The van der Waals surface area contributed by atoms with Gasteiger partial charge in [0.2, 0.25) is 11.8 Å². The minimum Gasteiger partial charge on any atom is -0.497 e. The first-order valence-corrected chi connectivity index (χ1v) is 15.5. The maximum Gasteiger partial charge on any atom is 0.264 e. The number of hydrogen-bond acceptors (Lipinski definition) is 6. The standard InChI is InChI=1S/C30H35Cl2N3O6S/c1-6-26(30(37)33-20(2)3)34(18-23-24(31)13-10-14-25(23)32)29(36)19-35(42(38,39)22-11-8-7-9-12-22)27-17-21(40-4)15-16-28(27)41-5/h7-17,20,26H,6,18-19H2,1-5H3,(H,33,37)/t26-/m1/s1. The smallest absolute Gasteiger partial charge is 0.264 e. The molecule has 2 amide bonds. The molecule has 0 aliphatic carbocycles. The van der Waals surface area contributed by atoms with Gasteiger partial charge in [-0.3, -0.25) is 13.9 Å². The summed E-state index contributed by atoms with van der Waals surface area (Å²) in [5, 5.41) is 3.47. The van der Waals surface area contributed by atoms with Crippen molar-refractivity contribution in [2.45, 2.75) is 50.7 Å². The van der Waals surface area contributed by atoms with Gasteiger partial charge in [0.15, 0.2) is 0 Å². The van der Waals surface area contributed by atoms with Crippen LogP contribution in [0.3, 0.4) is 0 Å². The molecule has 0 fully saturated rings. The van der Waals surface area contributed by atoms with E-state index in [1.54, 1.807) is 55.5 Å². The second kappa shape index (κ2) is 14.6. The summed E-state index contributed by atoms with van der Waals surface area (Å²) in [7, 11) is -1.46. The molecular weight excluding hydrogens is 601 g/mol. The average molecular weight is 637 g/mol. The molecular formula is C30H35Cl2N3O6S. The van der Waals surface area contributed by atoms with E-state index >= 15 is 0 Å². The highest BCUT2D eigenvalue weighted by Crippen LogP contribution is 2.36. The van der Waals surface area contributed by atoms with Crippen LogP contribution in [0, 0.1) is 0 Å². The minimum atomic E-state index is -4.30. The van der Waals surface area contributed by atoms with Crippen LogP contribution < -0.4 is 19.1 Å². The van der Waals surface area contributed by atoms with E-state index in [9.17, 15) is 18.0 Å². The highest BCUT2D eigenvalue weighted by atomic mass is 35.5. The van der Waals surface area contributed by atoms with Gasteiger partial charge < -0.3 is 19.7 Å². The molecule has 0 radical (unpaired) electrons. The number of halogens is 2. The lowest BCUT2D eigenvalue weighted by Gasteiger charge is -2.34. The summed E-state index contributed by atoms with van der Waals surface area (Å²) in [6, 6.07) is 16.2. The highest BCUT2D eigenvalue weighted by molar-refractivity contribution is 7.92. The lowest BCUT2D eigenvalue weighted by molar-refractivity contribution is -0.140. The Morgan fingerprint density at radius 1 is 0.929 bits per heavy atom. The molecule has 3 aromatic carbocycles. The zero-order valence-corrected chi connectivity index (χ0v) is 26.5. The number of methoxy groups -OCH3 is 2. The fraction of sp³-hybridized carbons (Fsp3) is 0.333. The van der Waals surface area contributed by atoms with E-state index in [0.717, 1.165) is 4.31 Å². The fourth-order valence-corrected chi connectivity index (χ4v) is 6.33. The topological polar surface area (TPSA) is 105 Å². The van der Waals surface area contributed by atoms with Crippen molar-refractivity contribution in [2.24, 2.45) is 0 Å². The zero-order chi connectivity index (χ0) is 31.0. The quantitative estimate of drug-likeness (QED) is 0.264. The van der Waals surface area contributed by atoms with Crippen molar-refractivity contribution >= 4 is 50.7 Å². The van der Waals surface area contributed by atoms with Crippen LogP contribution in [-0.4, -0.2) is 58.0 Å². The van der Waals surface area contributed by atoms with Gasteiger partial charge in [0.05, 0.1) is 24.8 Å². The molecule has 1 N–H and O–H groups in total. The molecule has 226 valence electrons. The molecule has 0 saturated carbocycles. The average Bonchev–Trinajstić information content (AvgIpc) is 2.96. The number of hydrogen-bond donors (Lipinski definition) is 1. The normalized spacial score (nSPS) is 12.0. The van der Waals surface area contributed by atoms with Crippen LogP contribution in [-0.2, 0) is 26.2 Å². The second-order valence-electron chi connectivity index (χ2n) is 9.67. The monoisotopic (exact) mass is 635 g/mol. The lowest BCUT2D eigenvalue weighted by Crippen LogP contribution is -2.53. The fourth-order valence-electron chi connectivity index (χ4n) is 4.38. The second-order valence-corrected chi connectivity index (χ2v) is 12.3. The third-order valence-electron chi connectivity index (χ3n) is 6.47. The molecule has 3 rings (SSSR count). The van der Waals surface area contributed by atoms with Crippen molar-refractivity contribution in [1.29, 1.82) is 0 Å². The summed E-state index contributed by atoms with van der Waals surface area (Å²) in [6.45, 7) is 4.60. The van der Waals surface area contributed by atoms with Crippen molar-refractivity contribution < 1.29 is 27.5 Å². The Morgan fingerprint density at radius 2 is 1.57 bits per heavy atom. The van der Waals surface area contributed by atoms with E-state index in [0.29, 0.717) is 21.4 Å². The summed E-state index contributed by atoms with van der Waals surface area (Å²) < 4.78 is 40.0. The number of rotatable bonds is 13. The van der Waals surface area contributed by atoms with Crippen molar-refractivity contribution in [3.63, 3.8) is 0 Å². The first-order valence-electron chi connectivity index (χ1n) is 13.3. The Hall–Kier alpha value is -3.47. The van der Waals surface area contributed by atoms with Gasteiger partial charge in [-0.05, 0) is 56.7 Å². The number of benzene rings is 3. The maximum atomic E-state index is 14.3. The molecule has 0 aliphatic rings.